The van der Waals surface area contributed by atoms with Gasteiger partial charge in [0.1, 0.15) is 0 Å². The molecule has 1 aliphatic heterocycles. The normalized spacial score (nSPS) is 24.1. The van der Waals surface area contributed by atoms with Gasteiger partial charge in [-0.3, -0.25) is 4.79 Å². The summed E-state index contributed by atoms with van der Waals surface area (Å²) in [5.41, 5.74) is 0. The second-order valence-corrected chi connectivity index (χ2v) is 3.53. The third-order valence-electron chi connectivity index (χ3n) is 1.52. The monoisotopic (exact) mass is 243 g/mol. The van der Waals surface area contributed by atoms with Crippen LogP contribution in [-0.2, 0) is 9.53 Å². The Bertz CT molecular complexity index is 177. The molecule has 0 spiro atoms. The first kappa shape index (κ1) is 9.85. The number of hydrogen-bond donors (Lipinski definition) is 1. The fraction of sp³-hybridized carbons (Fsp3) is 0.833. The molecule has 1 fully saturated rings. The van der Waals surface area contributed by atoms with Crippen LogP contribution < -0.4 is 5.32 Å². The zero-order valence-corrected chi connectivity index (χ0v) is 7.74. The molecule has 6 heteroatoms. The molecule has 0 aromatic heterocycles. The van der Waals surface area contributed by atoms with Crippen molar-refractivity contribution in [3.8, 4) is 0 Å². The average molecular weight is 244 g/mol. The van der Waals surface area contributed by atoms with E-state index in [-0.39, 0.29) is 6.04 Å². The number of nitrogens with one attached hydrogen (secondary N) is 1. The van der Waals surface area contributed by atoms with Crippen LogP contribution in [0.1, 0.15) is 6.42 Å². The van der Waals surface area contributed by atoms with Crippen LogP contribution in [-0.4, -0.2) is 30.0 Å². The van der Waals surface area contributed by atoms with Crippen molar-refractivity contribution in [1.82, 2.24) is 5.32 Å². The predicted molar refractivity (Wildman–Crippen MR) is 41.2 cm³/mol. The Morgan fingerprint density at radius 3 is 2.75 bits per heavy atom. The fourth-order valence-corrected chi connectivity index (χ4v) is 1.03. The molecule has 1 aliphatic rings. The summed E-state index contributed by atoms with van der Waals surface area (Å²) in [7, 11) is 0. The summed E-state index contributed by atoms with van der Waals surface area (Å²) >= 11 is 1.97. The topological polar surface area (TPSA) is 38.3 Å². The summed E-state index contributed by atoms with van der Waals surface area (Å²) < 4.78 is 29.4. The predicted octanol–water partition coefficient (Wildman–Crippen LogP) is 0.879. The molecule has 1 heterocycles. The van der Waals surface area contributed by atoms with E-state index in [1.54, 1.807) is 0 Å². The third kappa shape index (κ3) is 2.67. The van der Waals surface area contributed by atoms with Gasteiger partial charge in [-0.2, -0.15) is 8.78 Å². The zero-order chi connectivity index (χ0) is 9.19. The lowest BCUT2D eigenvalue weighted by Gasteiger charge is -2.13. The number of rotatable bonds is 2. The Balaban J connectivity index is 2.35. The number of halogens is 3. The van der Waals surface area contributed by atoms with Crippen LogP contribution in [0.3, 0.4) is 0 Å². The Morgan fingerprint density at radius 2 is 2.33 bits per heavy atom. The minimum Gasteiger partial charge on any atom is -0.379 e. The molecular weight excluding hydrogens is 236 g/mol. The number of carbonyl (C=O) groups excluding carboxylic acids is 1. The molecule has 1 amide bonds. The molecule has 70 valence electrons. The molecule has 3 nitrogen and oxygen atoms in total. The summed E-state index contributed by atoms with van der Waals surface area (Å²) in [4.78, 5) is 7.18. The van der Waals surface area contributed by atoms with Crippen LogP contribution in [0, 0.1) is 0 Å². The lowest BCUT2D eigenvalue weighted by Crippen LogP contribution is -2.42. The van der Waals surface area contributed by atoms with Gasteiger partial charge >= 0.3 is 10.7 Å². The van der Waals surface area contributed by atoms with Crippen molar-refractivity contribution >= 4 is 21.8 Å². The molecule has 0 radical (unpaired) electrons. The Hall–Kier alpha value is -0.230. The van der Waals surface area contributed by atoms with Crippen LogP contribution >= 0.6 is 15.9 Å². The highest BCUT2D eigenvalue weighted by molar-refractivity contribution is 9.10. The van der Waals surface area contributed by atoms with E-state index in [0.717, 1.165) is 0 Å². The van der Waals surface area contributed by atoms with Gasteiger partial charge in [-0.15, -0.1) is 0 Å². The molecule has 1 saturated heterocycles. The highest BCUT2D eigenvalue weighted by Crippen LogP contribution is 2.22. The van der Waals surface area contributed by atoms with Crippen molar-refractivity contribution in [1.29, 1.82) is 0 Å². The van der Waals surface area contributed by atoms with Crippen molar-refractivity contribution in [2.24, 2.45) is 0 Å². The number of ether oxygens (including phenoxy) is 1. The summed E-state index contributed by atoms with van der Waals surface area (Å²) in [5.74, 6) is -1.31. The van der Waals surface area contributed by atoms with Crippen molar-refractivity contribution < 1.29 is 18.3 Å². The maximum atomic E-state index is 12.2. The zero-order valence-electron chi connectivity index (χ0n) is 6.15. The number of alkyl halides is 3. The van der Waals surface area contributed by atoms with Crippen molar-refractivity contribution in [3.05, 3.63) is 0 Å². The SMILES string of the molecule is O=C(NC1CCOC1)C(F)(F)Br. The Morgan fingerprint density at radius 1 is 1.67 bits per heavy atom. The summed E-state index contributed by atoms with van der Waals surface area (Å²) in [6.45, 7) is 0.827. The minimum absolute atomic E-state index is 0.277. The van der Waals surface area contributed by atoms with Crippen molar-refractivity contribution in [2.75, 3.05) is 13.2 Å². The largest absolute Gasteiger partial charge is 0.379 e. The van der Waals surface area contributed by atoms with E-state index in [1.807, 2.05) is 15.9 Å². The highest BCUT2D eigenvalue weighted by atomic mass is 79.9. The second kappa shape index (κ2) is 3.66. The lowest BCUT2D eigenvalue weighted by atomic mass is 10.2. The van der Waals surface area contributed by atoms with E-state index in [2.05, 4.69) is 5.32 Å². The summed E-state index contributed by atoms with van der Waals surface area (Å²) in [5, 5.41) is 2.16. The maximum Gasteiger partial charge on any atom is 0.377 e. The van der Waals surface area contributed by atoms with Gasteiger partial charge in [0.15, 0.2) is 0 Å². The average Bonchev–Trinajstić information content (AvgIpc) is 2.37. The molecule has 12 heavy (non-hydrogen) atoms. The summed E-state index contributed by atoms with van der Waals surface area (Å²) in [6.07, 6.45) is 0.592. The number of carbonyl (C=O) groups is 1. The van der Waals surface area contributed by atoms with E-state index in [9.17, 15) is 13.6 Å². The van der Waals surface area contributed by atoms with Crippen LogP contribution in [0.5, 0.6) is 0 Å². The van der Waals surface area contributed by atoms with Gasteiger partial charge in [0.2, 0.25) is 0 Å². The quantitative estimate of drug-likeness (QED) is 0.732. The first-order valence-corrected chi connectivity index (χ1v) is 4.25. The molecule has 0 aromatic rings. The van der Waals surface area contributed by atoms with Gasteiger partial charge in [0.25, 0.3) is 0 Å². The molecule has 0 aromatic carbocycles. The smallest absolute Gasteiger partial charge is 0.377 e. The van der Waals surface area contributed by atoms with E-state index in [4.69, 9.17) is 4.74 Å². The molecule has 1 atom stereocenters. The maximum absolute atomic E-state index is 12.2. The number of hydrogen-bond acceptors (Lipinski definition) is 2. The molecule has 0 aliphatic carbocycles. The first-order valence-electron chi connectivity index (χ1n) is 3.45. The van der Waals surface area contributed by atoms with Crippen LogP contribution in [0.15, 0.2) is 0 Å². The fourth-order valence-electron chi connectivity index (χ4n) is 0.916. The molecule has 1 N–H and O–H groups in total. The van der Waals surface area contributed by atoms with Gasteiger partial charge in [0.05, 0.1) is 12.6 Å². The first-order chi connectivity index (χ1) is 5.50. The van der Waals surface area contributed by atoms with E-state index < -0.39 is 10.7 Å². The minimum atomic E-state index is -3.48. The van der Waals surface area contributed by atoms with Gasteiger partial charge in [0, 0.05) is 22.5 Å². The Kier molecular flexibility index (Phi) is 3.00. The van der Waals surface area contributed by atoms with Gasteiger partial charge < -0.3 is 10.1 Å². The van der Waals surface area contributed by atoms with Gasteiger partial charge in [-0.25, -0.2) is 0 Å². The molecule has 0 saturated carbocycles. The molecule has 1 rings (SSSR count). The molecule has 1 unspecified atom stereocenters. The summed E-state index contributed by atoms with van der Waals surface area (Å²) in [6, 6.07) is -0.277. The van der Waals surface area contributed by atoms with Crippen LogP contribution in [0.2, 0.25) is 0 Å². The van der Waals surface area contributed by atoms with Crippen LogP contribution in [0.4, 0.5) is 8.78 Å². The lowest BCUT2D eigenvalue weighted by molar-refractivity contribution is -0.135. The van der Waals surface area contributed by atoms with E-state index in [1.165, 1.54) is 0 Å². The molecule has 0 bridgehead atoms. The van der Waals surface area contributed by atoms with Gasteiger partial charge in [-0.05, 0) is 6.42 Å². The second-order valence-electron chi connectivity index (χ2n) is 2.53. The van der Waals surface area contributed by atoms with Crippen molar-refractivity contribution in [3.63, 3.8) is 0 Å². The van der Waals surface area contributed by atoms with E-state index >= 15 is 0 Å². The standard InChI is InChI=1S/C6H8BrF2NO2/c7-6(8,9)5(11)10-4-1-2-12-3-4/h4H,1-3H2,(H,10,11). The number of amides is 1. The highest BCUT2D eigenvalue weighted by Gasteiger charge is 2.36. The van der Waals surface area contributed by atoms with Crippen LogP contribution in [0.25, 0.3) is 0 Å². The van der Waals surface area contributed by atoms with Gasteiger partial charge in [-0.1, -0.05) is 0 Å². The third-order valence-corrected chi connectivity index (χ3v) is 1.88. The van der Waals surface area contributed by atoms with E-state index in [0.29, 0.717) is 19.6 Å². The van der Waals surface area contributed by atoms with Crippen molar-refractivity contribution in [2.45, 2.75) is 17.3 Å². The molecular formula is C6H8BrF2NO2. The Labute approximate surface area is 76.6 Å².